The van der Waals surface area contributed by atoms with E-state index in [-0.39, 0.29) is 5.91 Å². The van der Waals surface area contributed by atoms with E-state index in [9.17, 15) is 4.79 Å². The Bertz CT molecular complexity index is 661. The highest BCUT2D eigenvalue weighted by atomic mass is 79.9. The number of amides is 1. The lowest BCUT2D eigenvalue weighted by molar-refractivity contribution is 0.0908. The maximum atomic E-state index is 12.7. The first-order valence-electron chi connectivity index (χ1n) is 7.07. The summed E-state index contributed by atoms with van der Waals surface area (Å²) in [6, 6.07) is 9.64. The number of carbonyl (C=O) groups excluding carboxylic acids is 1. The van der Waals surface area contributed by atoms with Crippen LogP contribution in [0.1, 0.15) is 42.4 Å². The van der Waals surface area contributed by atoms with E-state index in [1.54, 1.807) is 6.20 Å². The van der Waals surface area contributed by atoms with Crippen molar-refractivity contribution in [2.24, 2.45) is 0 Å². The van der Waals surface area contributed by atoms with Crippen molar-refractivity contribution in [2.75, 3.05) is 0 Å². The summed E-state index contributed by atoms with van der Waals surface area (Å²) in [4.78, 5) is 17.0. The molecule has 0 aliphatic rings. The van der Waals surface area contributed by atoms with Crippen LogP contribution in [0.2, 0.25) is 0 Å². The van der Waals surface area contributed by atoms with Gasteiger partial charge in [-0.25, -0.2) is 0 Å². The first kappa shape index (κ1) is 17.2. The second-order valence-electron chi connectivity index (χ2n) is 5.58. The highest BCUT2D eigenvalue weighted by Crippen LogP contribution is 2.29. The van der Waals surface area contributed by atoms with Gasteiger partial charge in [0.15, 0.2) is 0 Å². The van der Waals surface area contributed by atoms with Gasteiger partial charge in [0.05, 0.1) is 16.8 Å². The summed E-state index contributed by atoms with van der Waals surface area (Å²) in [7, 11) is 0. The van der Waals surface area contributed by atoms with Gasteiger partial charge in [-0.1, -0.05) is 13.0 Å². The monoisotopic (exact) mass is 424 g/mol. The zero-order valence-corrected chi connectivity index (χ0v) is 16.0. The molecule has 0 aliphatic heterocycles. The smallest absolute Gasteiger partial charge is 0.254 e. The molecule has 22 heavy (non-hydrogen) atoms. The quantitative estimate of drug-likeness (QED) is 0.761. The van der Waals surface area contributed by atoms with Crippen molar-refractivity contribution in [1.82, 2.24) is 10.3 Å². The number of hydrogen-bond acceptors (Lipinski definition) is 2. The van der Waals surface area contributed by atoms with Crippen LogP contribution in [0, 0.1) is 0 Å². The van der Waals surface area contributed by atoms with Gasteiger partial charge in [-0.3, -0.25) is 9.78 Å². The predicted molar refractivity (Wildman–Crippen MR) is 95.9 cm³/mol. The van der Waals surface area contributed by atoms with E-state index in [2.05, 4.69) is 49.1 Å². The minimum atomic E-state index is -0.555. The summed E-state index contributed by atoms with van der Waals surface area (Å²) < 4.78 is 1.57. The van der Waals surface area contributed by atoms with Crippen LogP contribution in [0.4, 0.5) is 0 Å². The molecule has 1 aromatic carbocycles. The Morgan fingerprint density at radius 2 is 1.86 bits per heavy atom. The molecule has 1 aromatic heterocycles. The van der Waals surface area contributed by atoms with Crippen molar-refractivity contribution in [3.8, 4) is 0 Å². The maximum Gasteiger partial charge on any atom is 0.254 e. The van der Waals surface area contributed by atoms with Crippen LogP contribution >= 0.6 is 31.9 Å². The van der Waals surface area contributed by atoms with E-state index in [4.69, 9.17) is 0 Å². The Labute approximate surface area is 147 Å². The van der Waals surface area contributed by atoms with Crippen molar-refractivity contribution in [2.45, 2.75) is 32.7 Å². The molecule has 0 unspecified atom stereocenters. The molecule has 0 bridgehead atoms. The number of halogens is 2. The van der Waals surface area contributed by atoms with Crippen LogP contribution in [0.15, 0.2) is 45.5 Å². The molecule has 5 heteroatoms. The predicted octanol–water partition coefficient (Wildman–Crippen LogP) is 4.83. The summed E-state index contributed by atoms with van der Waals surface area (Å²) in [6.45, 7) is 5.96. The molecular weight excluding hydrogens is 408 g/mol. The second-order valence-corrected chi connectivity index (χ2v) is 7.29. The van der Waals surface area contributed by atoms with Crippen LogP contribution in [-0.2, 0) is 12.0 Å². The summed E-state index contributed by atoms with van der Waals surface area (Å²) in [5, 5.41) is 3.05. The van der Waals surface area contributed by atoms with E-state index in [1.165, 1.54) is 5.56 Å². The molecule has 2 rings (SSSR count). The van der Waals surface area contributed by atoms with Crippen molar-refractivity contribution < 1.29 is 4.79 Å². The second kappa shape index (κ2) is 6.92. The van der Waals surface area contributed by atoms with Gasteiger partial charge >= 0.3 is 0 Å². The average molecular weight is 426 g/mol. The Morgan fingerprint density at radius 3 is 2.36 bits per heavy atom. The van der Waals surface area contributed by atoms with Crippen LogP contribution < -0.4 is 5.32 Å². The van der Waals surface area contributed by atoms with Crippen molar-refractivity contribution in [1.29, 1.82) is 0 Å². The molecule has 116 valence electrons. The van der Waals surface area contributed by atoms with Gasteiger partial charge in [0.1, 0.15) is 0 Å². The number of pyridine rings is 1. The van der Waals surface area contributed by atoms with Gasteiger partial charge < -0.3 is 5.32 Å². The Balaban J connectivity index is 2.30. The number of hydrogen-bond donors (Lipinski definition) is 1. The molecule has 1 heterocycles. The number of nitrogens with zero attached hydrogens (tertiary/aromatic N) is 1. The summed E-state index contributed by atoms with van der Waals surface area (Å²) >= 11 is 6.99. The van der Waals surface area contributed by atoms with Crippen LogP contribution in [0.3, 0.4) is 0 Å². The zero-order valence-electron chi connectivity index (χ0n) is 12.8. The van der Waals surface area contributed by atoms with E-state index < -0.39 is 5.54 Å². The number of carbonyl (C=O) groups is 1. The van der Waals surface area contributed by atoms with Crippen LogP contribution in [0.25, 0.3) is 0 Å². The Kier molecular flexibility index (Phi) is 5.40. The minimum Gasteiger partial charge on any atom is -0.341 e. The maximum absolute atomic E-state index is 12.7. The molecule has 0 fully saturated rings. The third kappa shape index (κ3) is 3.76. The third-order valence-electron chi connectivity index (χ3n) is 3.47. The average Bonchev–Trinajstić information content (AvgIpc) is 2.46. The molecule has 0 aliphatic carbocycles. The SMILES string of the molecule is CCc1cc(Br)c(C(=O)NC(C)(C)c2ccccn2)c(Br)c1. The van der Waals surface area contributed by atoms with Gasteiger partial charge in [-0.2, -0.15) is 0 Å². The number of rotatable bonds is 4. The zero-order chi connectivity index (χ0) is 16.3. The topological polar surface area (TPSA) is 42.0 Å². The lowest BCUT2D eigenvalue weighted by atomic mass is 9.99. The molecule has 0 saturated heterocycles. The molecule has 2 aromatic rings. The van der Waals surface area contributed by atoms with Crippen molar-refractivity contribution >= 4 is 37.8 Å². The lowest BCUT2D eigenvalue weighted by Gasteiger charge is -2.26. The number of aryl methyl sites for hydroxylation is 1. The van der Waals surface area contributed by atoms with Gasteiger partial charge in [-0.15, -0.1) is 0 Å². The van der Waals surface area contributed by atoms with Crippen molar-refractivity contribution in [3.05, 3.63) is 62.3 Å². The van der Waals surface area contributed by atoms with E-state index in [0.29, 0.717) is 5.56 Å². The highest BCUT2D eigenvalue weighted by molar-refractivity contribution is 9.11. The molecule has 0 saturated carbocycles. The van der Waals surface area contributed by atoms with Gasteiger partial charge in [0.2, 0.25) is 0 Å². The number of benzene rings is 1. The normalized spacial score (nSPS) is 11.3. The Hall–Kier alpha value is -1.20. The fraction of sp³-hybridized carbons (Fsp3) is 0.294. The molecule has 0 radical (unpaired) electrons. The Morgan fingerprint density at radius 1 is 1.23 bits per heavy atom. The van der Waals surface area contributed by atoms with E-state index >= 15 is 0 Å². The van der Waals surface area contributed by atoms with E-state index in [0.717, 1.165) is 21.1 Å². The van der Waals surface area contributed by atoms with E-state index in [1.807, 2.05) is 44.2 Å². The summed E-state index contributed by atoms with van der Waals surface area (Å²) in [6.07, 6.45) is 2.64. The minimum absolute atomic E-state index is 0.142. The van der Waals surface area contributed by atoms with Crippen molar-refractivity contribution in [3.63, 3.8) is 0 Å². The summed E-state index contributed by atoms with van der Waals surface area (Å²) in [5.74, 6) is -0.142. The fourth-order valence-corrected chi connectivity index (χ4v) is 3.83. The first-order valence-corrected chi connectivity index (χ1v) is 8.65. The molecule has 0 atom stereocenters. The van der Waals surface area contributed by atoms with Crippen LogP contribution in [-0.4, -0.2) is 10.9 Å². The third-order valence-corrected chi connectivity index (χ3v) is 4.72. The molecule has 1 N–H and O–H groups in total. The van der Waals surface area contributed by atoms with Gasteiger partial charge in [-0.05, 0) is 82.0 Å². The first-order chi connectivity index (χ1) is 10.3. The van der Waals surface area contributed by atoms with Gasteiger partial charge in [0.25, 0.3) is 5.91 Å². The highest BCUT2D eigenvalue weighted by Gasteiger charge is 2.26. The number of aromatic nitrogens is 1. The molecule has 3 nitrogen and oxygen atoms in total. The lowest BCUT2D eigenvalue weighted by Crippen LogP contribution is -2.41. The molecule has 1 amide bonds. The van der Waals surface area contributed by atoms with Gasteiger partial charge in [0, 0.05) is 15.1 Å². The largest absolute Gasteiger partial charge is 0.341 e. The molecular formula is C17H18Br2N2O. The number of nitrogens with one attached hydrogen (secondary N) is 1. The van der Waals surface area contributed by atoms with Crippen LogP contribution in [0.5, 0.6) is 0 Å². The fourth-order valence-electron chi connectivity index (χ4n) is 2.19. The summed E-state index contributed by atoms with van der Waals surface area (Å²) in [5.41, 5.74) is 2.03. The standard InChI is InChI=1S/C17H18Br2N2O/c1-4-11-9-12(18)15(13(19)10-11)16(22)21-17(2,3)14-7-5-6-8-20-14/h5-10H,4H2,1-3H3,(H,21,22). The molecule has 0 spiro atoms.